The van der Waals surface area contributed by atoms with Crippen LogP contribution >= 0.6 is 0 Å². The predicted octanol–water partition coefficient (Wildman–Crippen LogP) is 2.81. The van der Waals surface area contributed by atoms with Gasteiger partial charge in [0.2, 0.25) is 0 Å². The number of hydrogen-bond acceptors (Lipinski definition) is 1. The summed E-state index contributed by atoms with van der Waals surface area (Å²) in [6, 6.07) is 0. The van der Waals surface area contributed by atoms with Gasteiger partial charge < -0.3 is 5.32 Å². The van der Waals surface area contributed by atoms with Crippen molar-refractivity contribution in [1.29, 1.82) is 0 Å². The number of hydrogen-bond donors (Lipinski definition) is 1. The first-order valence-electron chi connectivity index (χ1n) is 5.77. The molecule has 2 aliphatic rings. The molecule has 0 bridgehead atoms. The van der Waals surface area contributed by atoms with Crippen LogP contribution in [0.15, 0.2) is 0 Å². The van der Waals surface area contributed by atoms with E-state index in [0.717, 1.165) is 5.92 Å². The Morgan fingerprint density at radius 2 is 1.77 bits per heavy atom. The second kappa shape index (κ2) is 2.98. The molecule has 1 heterocycles. The van der Waals surface area contributed by atoms with Crippen LogP contribution in [0.25, 0.3) is 0 Å². The fourth-order valence-corrected chi connectivity index (χ4v) is 3.23. The zero-order chi connectivity index (χ0) is 9.53. The Balaban J connectivity index is 2.00. The molecule has 0 aromatic carbocycles. The molecular weight excluding hydrogens is 158 g/mol. The smallest absolute Gasteiger partial charge is 0.00461 e. The van der Waals surface area contributed by atoms with E-state index >= 15 is 0 Å². The molecule has 2 atom stereocenters. The summed E-state index contributed by atoms with van der Waals surface area (Å²) in [5.41, 5.74) is 1.29. The highest BCUT2D eigenvalue weighted by Crippen LogP contribution is 2.68. The highest BCUT2D eigenvalue weighted by molar-refractivity contribution is 5.09. The first-order chi connectivity index (χ1) is 6.06. The van der Waals surface area contributed by atoms with Crippen molar-refractivity contribution in [3.05, 3.63) is 0 Å². The van der Waals surface area contributed by atoms with Crippen LogP contribution in [0.5, 0.6) is 0 Å². The van der Waals surface area contributed by atoms with E-state index in [-0.39, 0.29) is 0 Å². The van der Waals surface area contributed by atoms with Crippen molar-refractivity contribution in [3.8, 4) is 0 Å². The standard InChI is InChI=1S/C12H23N/c1-11(2)9-12(11,3)10-5-4-7-13-8-6-10/h10,13H,4-9H2,1-3H3. The van der Waals surface area contributed by atoms with E-state index in [2.05, 4.69) is 26.1 Å². The van der Waals surface area contributed by atoms with Crippen molar-refractivity contribution in [2.24, 2.45) is 16.7 Å². The predicted molar refractivity (Wildman–Crippen MR) is 56.7 cm³/mol. The van der Waals surface area contributed by atoms with Gasteiger partial charge in [-0.05, 0) is 55.5 Å². The molecule has 1 aliphatic carbocycles. The Hall–Kier alpha value is -0.0400. The molecule has 2 rings (SSSR count). The van der Waals surface area contributed by atoms with Crippen LogP contribution in [-0.2, 0) is 0 Å². The third-order valence-electron chi connectivity index (χ3n) is 4.71. The lowest BCUT2D eigenvalue weighted by Crippen LogP contribution is -2.20. The second-order valence-corrected chi connectivity index (χ2v) is 5.86. The van der Waals surface area contributed by atoms with Gasteiger partial charge >= 0.3 is 0 Å². The van der Waals surface area contributed by atoms with Crippen LogP contribution in [0.4, 0.5) is 0 Å². The molecule has 13 heavy (non-hydrogen) atoms. The Kier molecular flexibility index (Phi) is 2.18. The fourth-order valence-electron chi connectivity index (χ4n) is 3.23. The van der Waals surface area contributed by atoms with Gasteiger partial charge in [0.05, 0.1) is 0 Å². The van der Waals surface area contributed by atoms with Crippen LogP contribution < -0.4 is 5.32 Å². The molecular formula is C12H23N. The average Bonchev–Trinajstić information content (AvgIpc) is 2.66. The third kappa shape index (κ3) is 1.52. The topological polar surface area (TPSA) is 12.0 Å². The minimum Gasteiger partial charge on any atom is -0.317 e. The summed E-state index contributed by atoms with van der Waals surface area (Å²) in [6.45, 7) is 9.86. The van der Waals surface area contributed by atoms with Crippen LogP contribution in [0.2, 0.25) is 0 Å². The summed E-state index contributed by atoms with van der Waals surface area (Å²) in [7, 11) is 0. The largest absolute Gasteiger partial charge is 0.317 e. The molecule has 2 fully saturated rings. The fraction of sp³-hybridized carbons (Fsp3) is 1.00. The molecule has 2 unspecified atom stereocenters. The second-order valence-electron chi connectivity index (χ2n) is 5.86. The minimum absolute atomic E-state index is 0.627. The van der Waals surface area contributed by atoms with E-state index in [1.165, 1.54) is 38.8 Å². The molecule has 0 amide bonds. The van der Waals surface area contributed by atoms with Crippen LogP contribution in [0, 0.1) is 16.7 Å². The quantitative estimate of drug-likeness (QED) is 0.656. The van der Waals surface area contributed by atoms with Gasteiger partial charge in [-0.3, -0.25) is 0 Å². The van der Waals surface area contributed by atoms with Gasteiger partial charge in [-0.2, -0.15) is 0 Å². The summed E-state index contributed by atoms with van der Waals surface area (Å²) < 4.78 is 0. The summed E-state index contributed by atoms with van der Waals surface area (Å²) in [5.74, 6) is 0.984. The SMILES string of the molecule is CC1(C)CC1(C)C1CCCNCC1. The maximum absolute atomic E-state index is 3.50. The van der Waals surface area contributed by atoms with Crippen molar-refractivity contribution >= 4 is 0 Å². The Morgan fingerprint density at radius 1 is 1.08 bits per heavy atom. The Bertz CT molecular complexity index is 189. The maximum atomic E-state index is 3.50. The zero-order valence-corrected chi connectivity index (χ0v) is 9.32. The van der Waals surface area contributed by atoms with E-state index < -0.39 is 0 Å². The lowest BCUT2D eigenvalue weighted by molar-refractivity contribution is 0.246. The average molecular weight is 181 g/mol. The molecule has 76 valence electrons. The van der Waals surface area contributed by atoms with Gasteiger partial charge in [0.1, 0.15) is 0 Å². The van der Waals surface area contributed by atoms with Crippen molar-refractivity contribution < 1.29 is 0 Å². The number of rotatable bonds is 1. The van der Waals surface area contributed by atoms with E-state index in [1.54, 1.807) is 0 Å². The monoisotopic (exact) mass is 181 g/mol. The molecule has 0 aromatic rings. The van der Waals surface area contributed by atoms with Crippen molar-refractivity contribution in [3.63, 3.8) is 0 Å². The first kappa shape index (κ1) is 9.51. The van der Waals surface area contributed by atoms with Crippen LogP contribution in [-0.4, -0.2) is 13.1 Å². The lowest BCUT2D eigenvalue weighted by atomic mass is 9.80. The molecule has 1 N–H and O–H groups in total. The van der Waals surface area contributed by atoms with E-state index in [4.69, 9.17) is 0 Å². The molecule has 0 aromatic heterocycles. The Morgan fingerprint density at radius 3 is 2.38 bits per heavy atom. The molecule has 1 aliphatic heterocycles. The van der Waals surface area contributed by atoms with Crippen molar-refractivity contribution in [2.45, 2.75) is 46.5 Å². The Labute approximate surface area is 82.3 Å². The lowest BCUT2D eigenvalue weighted by Gasteiger charge is -2.25. The zero-order valence-electron chi connectivity index (χ0n) is 9.32. The molecule has 1 nitrogen and oxygen atoms in total. The van der Waals surface area contributed by atoms with E-state index in [0.29, 0.717) is 10.8 Å². The van der Waals surface area contributed by atoms with Gasteiger partial charge in [-0.15, -0.1) is 0 Å². The van der Waals surface area contributed by atoms with Crippen LogP contribution in [0.3, 0.4) is 0 Å². The van der Waals surface area contributed by atoms with Gasteiger partial charge in [-0.1, -0.05) is 20.8 Å². The minimum atomic E-state index is 0.627. The van der Waals surface area contributed by atoms with Crippen LogP contribution in [0.1, 0.15) is 46.5 Å². The number of nitrogens with one attached hydrogen (secondary N) is 1. The molecule has 1 heteroatoms. The highest BCUT2D eigenvalue weighted by atomic mass is 14.9. The summed E-state index contributed by atoms with van der Waals surface area (Å²) >= 11 is 0. The van der Waals surface area contributed by atoms with Gasteiger partial charge in [0.15, 0.2) is 0 Å². The summed E-state index contributed by atoms with van der Waals surface area (Å²) in [4.78, 5) is 0. The summed E-state index contributed by atoms with van der Waals surface area (Å²) in [6.07, 6.45) is 5.69. The maximum Gasteiger partial charge on any atom is -0.00461 e. The normalized spacial score (nSPS) is 44.1. The summed E-state index contributed by atoms with van der Waals surface area (Å²) in [5, 5.41) is 3.50. The molecule has 1 saturated carbocycles. The molecule has 0 spiro atoms. The highest BCUT2D eigenvalue weighted by Gasteiger charge is 2.60. The molecule has 1 saturated heterocycles. The van der Waals surface area contributed by atoms with Crippen molar-refractivity contribution in [1.82, 2.24) is 5.32 Å². The third-order valence-corrected chi connectivity index (χ3v) is 4.71. The van der Waals surface area contributed by atoms with Gasteiger partial charge in [0.25, 0.3) is 0 Å². The van der Waals surface area contributed by atoms with E-state index in [9.17, 15) is 0 Å². The van der Waals surface area contributed by atoms with Gasteiger partial charge in [-0.25, -0.2) is 0 Å². The van der Waals surface area contributed by atoms with Crippen molar-refractivity contribution in [2.75, 3.05) is 13.1 Å². The van der Waals surface area contributed by atoms with Gasteiger partial charge in [0, 0.05) is 0 Å². The first-order valence-corrected chi connectivity index (χ1v) is 5.77. The molecule has 0 radical (unpaired) electrons. The van der Waals surface area contributed by atoms with E-state index in [1.807, 2.05) is 0 Å².